The lowest BCUT2D eigenvalue weighted by molar-refractivity contribution is 0.760. The average Bonchev–Trinajstić information content (AvgIpc) is 3.09. The predicted molar refractivity (Wildman–Crippen MR) is 84.1 cm³/mol. The highest BCUT2D eigenvalue weighted by Gasteiger charge is 2.66. The summed E-state index contributed by atoms with van der Waals surface area (Å²) < 4.78 is 0.160. The van der Waals surface area contributed by atoms with E-state index in [-0.39, 0.29) is 8.84 Å². The van der Waals surface area contributed by atoms with Gasteiger partial charge in [-0.1, -0.05) is 83.3 Å². The van der Waals surface area contributed by atoms with E-state index in [4.69, 9.17) is 5.73 Å². The molecular weight excluding hydrogens is 333 g/mol. The number of benzene rings is 2. The van der Waals surface area contributed by atoms with E-state index >= 15 is 0 Å². The van der Waals surface area contributed by atoms with Crippen molar-refractivity contribution in [3.8, 4) is 0 Å². The van der Waals surface area contributed by atoms with Gasteiger partial charge in [0, 0.05) is 15.4 Å². The third-order valence-corrected chi connectivity index (χ3v) is 5.78. The molecule has 18 heavy (non-hydrogen) atoms. The molecule has 2 aromatic carbocycles. The van der Waals surface area contributed by atoms with E-state index in [2.05, 4.69) is 83.3 Å². The molecule has 1 fully saturated rings. The first-order valence-electron chi connectivity index (χ1n) is 6.23. The Hall–Kier alpha value is -0.870. The summed E-state index contributed by atoms with van der Waals surface area (Å²) in [6, 6.07) is 21.5. The summed E-state index contributed by atoms with van der Waals surface area (Å²) in [5, 5.41) is 0. The fourth-order valence-electron chi connectivity index (χ4n) is 2.96. The summed E-state index contributed by atoms with van der Waals surface area (Å²) >= 11 is 2.55. The van der Waals surface area contributed by atoms with E-state index in [9.17, 15) is 0 Å². The molecule has 1 nitrogen and oxygen atoms in total. The Balaban J connectivity index is 2.14. The van der Waals surface area contributed by atoms with Crippen molar-refractivity contribution in [1.29, 1.82) is 0 Å². The minimum atomic E-state index is 0.102. The van der Waals surface area contributed by atoms with Crippen LogP contribution in [0.15, 0.2) is 60.7 Å². The van der Waals surface area contributed by atoms with Crippen molar-refractivity contribution < 1.29 is 0 Å². The van der Waals surface area contributed by atoms with Crippen molar-refractivity contribution >= 4 is 22.6 Å². The summed E-state index contributed by atoms with van der Waals surface area (Å²) in [4.78, 5) is 0. The standard InChI is InChI=1S/C16H16IN/c17-15(12-18)11-16(15,13-7-3-1-4-8-13)14-9-5-2-6-10-14/h1-10H,11-12,18H2. The van der Waals surface area contributed by atoms with Crippen molar-refractivity contribution in [2.75, 3.05) is 6.54 Å². The summed E-state index contributed by atoms with van der Waals surface area (Å²) in [6.07, 6.45) is 1.13. The fourth-order valence-corrected chi connectivity index (χ4v) is 4.15. The van der Waals surface area contributed by atoms with Crippen LogP contribution in [0.4, 0.5) is 0 Å². The summed E-state index contributed by atoms with van der Waals surface area (Å²) in [6.45, 7) is 0.720. The van der Waals surface area contributed by atoms with Crippen LogP contribution in [0.3, 0.4) is 0 Å². The van der Waals surface area contributed by atoms with E-state index in [0.717, 1.165) is 13.0 Å². The number of nitrogens with two attached hydrogens (primary N) is 1. The van der Waals surface area contributed by atoms with Gasteiger partial charge in [0.15, 0.2) is 0 Å². The fraction of sp³-hybridized carbons (Fsp3) is 0.250. The third kappa shape index (κ3) is 1.62. The first-order valence-corrected chi connectivity index (χ1v) is 7.31. The molecule has 0 amide bonds. The Kier molecular flexibility index (Phi) is 2.94. The minimum absolute atomic E-state index is 0.102. The van der Waals surface area contributed by atoms with Gasteiger partial charge >= 0.3 is 0 Å². The van der Waals surface area contributed by atoms with Crippen molar-refractivity contribution in [3.63, 3.8) is 0 Å². The Bertz CT molecular complexity index is 498. The second-order valence-corrected chi connectivity index (χ2v) is 7.05. The average molecular weight is 349 g/mol. The van der Waals surface area contributed by atoms with Crippen LogP contribution in [0.5, 0.6) is 0 Å². The number of alkyl halides is 1. The summed E-state index contributed by atoms with van der Waals surface area (Å²) in [7, 11) is 0. The Labute approximate surface area is 122 Å². The van der Waals surface area contributed by atoms with Gasteiger partial charge in [-0.15, -0.1) is 0 Å². The van der Waals surface area contributed by atoms with Crippen LogP contribution in [0.1, 0.15) is 17.5 Å². The maximum Gasteiger partial charge on any atom is 0.0493 e. The number of rotatable bonds is 3. The highest BCUT2D eigenvalue weighted by Crippen LogP contribution is 2.66. The third-order valence-electron chi connectivity index (χ3n) is 4.04. The molecule has 2 aromatic rings. The molecule has 0 heterocycles. The first-order chi connectivity index (χ1) is 8.73. The predicted octanol–water partition coefficient (Wildman–Crippen LogP) is 3.51. The summed E-state index contributed by atoms with van der Waals surface area (Å²) in [5.41, 5.74) is 8.88. The van der Waals surface area contributed by atoms with Crippen LogP contribution in [-0.4, -0.2) is 9.97 Å². The van der Waals surface area contributed by atoms with Gasteiger partial charge in [-0.2, -0.15) is 0 Å². The van der Waals surface area contributed by atoms with Crippen LogP contribution >= 0.6 is 22.6 Å². The lowest BCUT2D eigenvalue weighted by atomic mass is 9.86. The largest absolute Gasteiger partial charge is 0.329 e. The van der Waals surface area contributed by atoms with Gasteiger partial charge in [-0.25, -0.2) is 0 Å². The normalized spacial score (nSPS) is 24.8. The molecule has 1 unspecified atom stereocenters. The van der Waals surface area contributed by atoms with Gasteiger partial charge in [-0.3, -0.25) is 0 Å². The smallest absolute Gasteiger partial charge is 0.0493 e. The highest BCUT2D eigenvalue weighted by atomic mass is 127. The van der Waals surface area contributed by atoms with Gasteiger partial charge in [0.2, 0.25) is 0 Å². The van der Waals surface area contributed by atoms with E-state index in [1.54, 1.807) is 0 Å². The van der Waals surface area contributed by atoms with Gasteiger partial charge in [0.1, 0.15) is 0 Å². The zero-order chi connectivity index (χ0) is 12.6. The monoisotopic (exact) mass is 349 g/mol. The first kappa shape index (κ1) is 12.2. The molecular formula is C16H16IN. The maximum atomic E-state index is 6.01. The van der Waals surface area contributed by atoms with Crippen LogP contribution in [0.2, 0.25) is 0 Å². The van der Waals surface area contributed by atoms with Crippen molar-refractivity contribution in [3.05, 3.63) is 71.8 Å². The van der Waals surface area contributed by atoms with E-state index < -0.39 is 0 Å². The number of hydrogen-bond acceptors (Lipinski definition) is 1. The molecule has 2 heteroatoms. The van der Waals surface area contributed by atoms with Gasteiger partial charge in [0.05, 0.1) is 0 Å². The molecule has 0 saturated heterocycles. The van der Waals surface area contributed by atoms with Crippen molar-refractivity contribution in [2.45, 2.75) is 15.3 Å². The van der Waals surface area contributed by atoms with Crippen LogP contribution in [0, 0.1) is 0 Å². The Morgan fingerprint density at radius 2 is 1.33 bits per heavy atom. The zero-order valence-electron chi connectivity index (χ0n) is 10.1. The van der Waals surface area contributed by atoms with Gasteiger partial charge in [0.25, 0.3) is 0 Å². The highest BCUT2D eigenvalue weighted by molar-refractivity contribution is 14.1. The second kappa shape index (κ2) is 4.35. The zero-order valence-corrected chi connectivity index (χ0v) is 12.3. The van der Waals surface area contributed by atoms with Crippen LogP contribution < -0.4 is 5.73 Å². The second-order valence-electron chi connectivity index (χ2n) is 4.98. The maximum absolute atomic E-state index is 6.01. The topological polar surface area (TPSA) is 26.0 Å². The van der Waals surface area contributed by atoms with Crippen molar-refractivity contribution in [2.24, 2.45) is 5.73 Å². The van der Waals surface area contributed by atoms with Gasteiger partial charge < -0.3 is 5.73 Å². The molecule has 0 spiro atoms. The summed E-state index contributed by atoms with van der Waals surface area (Å²) in [5.74, 6) is 0. The lowest BCUT2D eigenvalue weighted by Crippen LogP contribution is -2.27. The molecule has 1 aliphatic carbocycles. The molecule has 0 bridgehead atoms. The molecule has 1 atom stereocenters. The Morgan fingerprint density at radius 1 is 0.889 bits per heavy atom. The minimum Gasteiger partial charge on any atom is -0.329 e. The van der Waals surface area contributed by atoms with E-state index in [0.29, 0.717) is 0 Å². The number of halogens is 1. The molecule has 1 aliphatic rings. The molecule has 92 valence electrons. The van der Waals surface area contributed by atoms with Crippen LogP contribution in [-0.2, 0) is 5.41 Å². The molecule has 2 N–H and O–H groups in total. The molecule has 3 rings (SSSR count). The Morgan fingerprint density at radius 3 is 1.67 bits per heavy atom. The number of hydrogen-bond donors (Lipinski definition) is 1. The van der Waals surface area contributed by atoms with Crippen molar-refractivity contribution in [1.82, 2.24) is 0 Å². The molecule has 0 aliphatic heterocycles. The lowest BCUT2D eigenvalue weighted by Gasteiger charge is -2.22. The molecule has 1 saturated carbocycles. The van der Waals surface area contributed by atoms with E-state index in [1.807, 2.05) is 0 Å². The molecule has 0 aromatic heterocycles. The van der Waals surface area contributed by atoms with Gasteiger partial charge in [-0.05, 0) is 17.5 Å². The van der Waals surface area contributed by atoms with E-state index in [1.165, 1.54) is 11.1 Å². The molecule has 0 radical (unpaired) electrons. The van der Waals surface area contributed by atoms with Crippen LogP contribution in [0.25, 0.3) is 0 Å². The SMILES string of the molecule is NCC1(I)CC1(c1ccccc1)c1ccccc1. The quantitative estimate of drug-likeness (QED) is 0.666.